The van der Waals surface area contributed by atoms with Crippen LogP contribution in [-0.2, 0) is 9.53 Å². The fraction of sp³-hybridized carbons (Fsp3) is 0.250. The summed E-state index contributed by atoms with van der Waals surface area (Å²) in [5.41, 5.74) is 1.12. The minimum absolute atomic E-state index is 0.194. The van der Waals surface area contributed by atoms with Gasteiger partial charge in [0.15, 0.2) is 6.61 Å². The summed E-state index contributed by atoms with van der Waals surface area (Å²) >= 11 is 3.30. The number of carbonyl (C=O) groups excluding carboxylic acids is 3. The second kappa shape index (κ2) is 9.36. The van der Waals surface area contributed by atoms with Crippen LogP contribution in [0.25, 0.3) is 0 Å². The van der Waals surface area contributed by atoms with Crippen molar-refractivity contribution in [2.45, 2.75) is 0 Å². The first-order chi connectivity index (χ1) is 13.5. The topological polar surface area (TPSA) is 79.0 Å². The van der Waals surface area contributed by atoms with Crippen LogP contribution in [0.1, 0.15) is 10.4 Å². The number of benzene rings is 2. The highest BCUT2D eigenvalue weighted by atomic mass is 79.9. The van der Waals surface area contributed by atoms with E-state index < -0.39 is 5.97 Å². The molecule has 1 N–H and O–H groups in total. The minimum atomic E-state index is -0.540. The maximum absolute atomic E-state index is 12.3. The lowest BCUT2D eigenvalue weighted by Gasteiger charge is -2.34. The van der Waals surface area contributed by atoms with Crippen molar-refractivity contribution in [2.75, 3.05) is 38.1 Å². The predicted molar refractivity (Wildman–Crippen MR) is 108 cm³/mol. The molecule has 2 aromatic carbocycles. The van der Waals surface area contributed by atoms with Gasteiger partial charge in [-0.1, -0.05) is 34.1 Å². The summed E-state index contributed by atoms with van der Waals surface area (Å²) in [6, 6.07) is 15.7. The summed E-state index contributed by atoms with van der Waals surface area (Å²) in [6.45, 7) is 1.33. The van der Waals surface area contributed by atoms with E-state index in [9.17, 15) is 14.4 Å². The van der Waals surface area contributed by atoms with Gasteiger partial charge in [-0.25, -0.2) is 9.59 Å². The first-order valence-corrected chi connectivity index (χ1v) is 9.63. The number of anilines is 1. The van der Waals surface area contributed by atoms with Crippen molar-refractivity contribution in [2.24, 2.45) is 0 Å². The number of nitrogens with zero attached hydrogens (tertiary/aromatic N) is 2. The van der Waals surface area contributed by atoms with E-state index in [1.807, 2.05) is 30.3 Å². The van der Waals surface area contributed by atoms with Crippen molar-refractivity contribution in [1.29, 1.82) is 0 Å². The van der Waals surface area contributed by atoms with Gasteiger partial charge < -0.3 is 19.9 Å². The second-order valence-electron chi connectivity index (χ2n) is 6.25. The molecule has 2 aromatic rings. The maximum atomic E-state index is 12.3. The average Bonchev–Trinajstić information content (AvgIpc) is 2.73. The number of esters is 1. The molecular weight excluding hydrogens is 426 g/mol. The summed E-state index contributed by atoms with van der Waals surface area (Å²) < 4.78 is 5.95. The quantitative estimate of drug-likeness (QED) is 0.733. The number of hydrogen-bond donors (Lipinski definition) is 1. The molecule has 146 valence electrons. The fourth-order valence-electron chi connectivity index (χ4n) is 2.77. The normalized spacial score (nSPS) is 13.8. The molecule has 0 unspecified atom stereocenters. The van der Waals surface area contributed by atoms with Crippen LogP contribution in [0.4, 0.5) is 10.5 Å². The van der Waals surface area contributed by atoms with Crippen LogP contribution < -0.4 is 5.32 Å². The van der Waals surface area contributed by atoms with E-state index in [0.717, 1.165) is 10.2 Å². The van der Waals surface area contributed by atoms with E-state index in [2.05, 4.69) is 21.2 Å². The Morgan fingerprint density at radius 3 is 2.14 bits per heavy atom. The Bertz CT molecular complexity index is 834. The molecule has 0 aromatic heterocycles. The first-order valence-electron chi connectivity index (χ1n) is 8.84. The molecule has 8 heteroatoms. The van der Waals surface area contributed by atoms with Crippen molar-refractivity contribution in [1.82, 2.24) is 9.80 Å². The Morgan fingerprint density at radius 1 is 0.893 bits per heavy atom. The molecule has 1 aliphatic heterocycles. The molecule has 28 heavy (non-hydrogen) atoms. The molecule has 1 aliphatic rings. The Labute approximate surface area is 171 Å². The van der Waals surface area contributed by atoms with Crippen molar-refractivity contribution in [3.8, 4) is 0 Å². The van der Waals surface area contributed by atoms with Gasteiger partial charge in [-0.05, 0) is 36.4 Å². The van der Waals surface area contributed by atoms with Gasteiger partial charge in [-0.2, -0.15) is 0 Å². The molecule has 0 saturated carbocycles. The van der Waals surface area contributed by atoms with Gasteiger partial charge in [0, 0.05) is 36.3 Å². The van der Waals surface area contributed by atoms with Crippen LogP contribution in [0.15, 0.2) is 59.1 Å². The zero-order valence-corrected chi connectivity index (χ0v) is 16.7. The Kier molecular flexibility index (Phi) is 6.65. The lowest BCUT2D eigenvalue weighted by atomic mass is 10.2. The third-order valence-electron chi connectivity index (χ3n) is 4.35. The third-order valence-corrected chi connectivity index (χ3v) is 4.88. The van der Waals surface area contributed by atoms with Crippen molar-refractivity contribution < 1.29 is 19.1 Å². The van der Waals surface area contributed by atoms with Crippen molar-refractivity contribution in [3.05, 3.63) is 64.6 Å². The van der Waals surface area contributed by atoms with Crippen LogP contribution in [0.5, 0.6) is 0 Å². The van der Waals surface area contributed by atoms with Crippen LogP contribution in [-0.4, -0.2) is 60.5 Å². The van der Waals surface area contributed by atoms with Crippen molar-refractivity contribution >= 4 is 39.5 Å². The Balaban J connectivity index is 1.42. The maximum Gasteiger partial charge on any atom is 0.338 e. The van der Waals surface area contributed by atoms with Gasteiger partial charge in [0.1, 0.15) is 0 Å². The molecular formula is C20H20BrN3O4. The minimum Gasteiger partial charge on any atom is -0.452 e. The molecule has 0 bridgehead atoms. The number of carbonyl (C=O) groups is 3. The molecule has 1 fully saturated rings. The summed E-state index contributed by atoms with van der Waals surface area (Å²) in [4.78, 5) is 39.8. The number of piperazine rings is 1. The molecule has 3 amide bonds. The number of amides is 3. The third kappa shape index (κ3) is 5.32. The smallest absolute Gasteiger partial charge is 0.338 e. The van der Waals surface area contributed by atoms with Crippen LogP contribution in [0, 0.1) is 0 Å². The highest BCUT2D eigenvalue weighted by Gasteiger charge is 2.25. The SMILES string of the molecule is O=C(OCC(=O)N1CCN(C(=O)Nc2ccccc2)CC1)c1ccc(Br)cc1. The van der Waals surface area contributed by atoms with Gasteiger partial charge >= 0.3 is 12.0 Å². The van der Waals surface area contributed by atoms with Crippen molar-refractivity contribution in [3.63, 3.8) is 0 Å². The van der Waals surface area contributed by atoms with Crippen LogP contribution in [0.3, 0.4) is 0 Å². The number of para-hydroxylation sites is 1. The summed E-state index contributed by atoms with van der Waals surface area (Å²) in [5, 5.41) is 2.83. The van der Waals surface area contributed by atoms with E-state index >= 15 is 0 Å². The number of nitrogens with one attached hydrogen (secondary N) is 1. The lowest BCUT2D eigenvalue weighted by molar-refractivity contribution is -0.135. The van der Waals surface area contributed by atoms with E-state index in [-0.39, 0.29) is 18.5 Å². The van der Waals surface area contributed by atoms with Crippen LogP contribution in [0.2, 0.25) is 0 Å². The molecule has 0 radical (unpaired) electrons. The standard InChI is InChI=1S/C20H20BrN3O4/c21-16-8-6-15(7-9-16)19(26)28-14-18(25)23-10-12-24(13-11-23)20(27)22-17-4-2-1-3-5-17/h1-9H,10-14H2,(H,22,27). The van der Waals surface area contributed by atoms with E-state index in [1.165, 1.54) is 0 Å². The largest absolute Gasteiger partial charge is 0.452 e. The van der Waals surface area contributed by atoms with Gasteiger partial charge in [0.25, 0.3) is 5.91 Å². The Hall–Kier alpha value is -2.87. The summed E-state index contributed by atoms with van der Waals surface area (Å²) in [6.07, 6.45) is 0. The molecule has 7 nitrogen and oxygen atoms in total. The number of rotatable bonds is 4. The monoisotopic (exact) mass is 445 g/mol. The average molecular weight is 446 g/mol. The number of urea groups is 1. The molecule has 1 saturated heterocycles. The molecule has 3 rings (SSSR count). The van der Waals surface area contributed by atoms with E-state index in [0.29, 0.717) is 31.7 Å². The van der Waals surface area contributed by atoms with Gasteiger partial charge in [0.05, 0.1) is 5.56 Å². The highest BCUT2D eigenvalue weighted by molar-refractivity contribution is 9.10. The van der Waals surface area contributed by atoms with E-state index in [1.54, 1.807) is 34.1 Å². The Morgan fingerprint density at radius 2 is 1.50 bits per heavy atom. The highest BCUT2D eigenvalue weighted by Crippen LogP contribution is 2.12. The number of halogens is 1. The molecule has 0 aliphatic carbocycles. The summed E-state index contributed by atoms with van der Waals surface area (Å²) in [5.74, 6) is -0.810. The predicted octanol–water partition coefficient (Wildman–Crippen LogP) is 2.98. The number of ether oxygens (including phenoxy) is 1. The molecule has 0 spiro atoms. The van der Waals surface area contributed by atoms with E-state index in [4.69, 9.17) is 4.74 Å². The van der Waals surface area contributed by atoms with Gasteiger partial charge in [0.2, 0.25) is 0 Å². The molecule has 0 atom stereocenters. The lowest BCUT2D eigenvalue weighted by Crippen LogP contribution is -2.52. The summed E-state index contributed by atoms with van der Waals surface area (Å²) in [7, 11) is 0. The van der Waals surface area contributed by atoms with Gasteiger partial charge in [-0.15, -0.1) is 0 Å². The molecule has 1 heterocycles. The first kappa shape index (κ1) is 19.9. The second-order valence-corrected chi connectivity index (χ2v) is 7.16. The van der Waals surface area contributed by atoms with Crippen LogP contribution >= 0.6 is 15.9 Å². The zero-order chi connectivity index (χ0) is 19.9. The zero-order valence-electron chi connectivity index (χ0n) is 15.1. The van der Waals surface area contributed by atoms with Gasteiger partial charge in [-0.3, -0.25) is 4.79 Å². The fourth-order valence-corrected chi connectivity index (χ4v) is 3.04. The number of hydrogen-bond acceptors (Lipinski definition) is 4.